The van der Waals surface area contributed by atoms with Gasteiger partial charge in [-0.25, -0.2) is 17.6 Å². The number of hydrogen-bond donors (Lipinski definition) is 1. The van der Waals surface area contributed by atoms with Gasteiger partial charge in [0.2, 0.25) is 16.8 Å². The molecule has 2 aromatic carbocycles. The fourth-order valence-electron chi connectivity index (χ4n) is 3.25. The van der Waals surface area contributed by atoms with Gasteiger partial charge in [-0.3, -0.25) is 4.79 Å². The van der Waals surface area contributed by atoms with Crippen molar-refractivity contribution in [3.8, 4) is 11.5 Å². The lowest BCUT2D eigenvalue weighted by molar-refractivity contribution is -0.123. The average molecular weight is 480 g/mol. The monoisotopic (exact) mass is 480 g/mol. The summed E-state index contributed by atoms with van der Waals surface area (Å²) < 4.78 is 61.8. The first-order chi connectivity index (χ1) is 15.8. The second-order valence-electron chi connectivity index (χ2n) is 7.27. The summed E-state index contributed by atoms with van der Waals surface area (Å²) in [5, 5.41) is 2.59. The lowest BCUT2D eigenvalue weighted by Crippen LogP contribution is -2.41. The van der Waals surface area contributed by atoms with Gasteiger partial charge < -0.3 is 24.3 Å². The number of amides is 1. The van der Waals surface area contributed by atoms with E-state index in [9.17, 15) is 22.4 Å². The summed E-state index contributed by atoms with van der Waals surface area (Å²) in [4.78, 5) is 24.3. The molecule has 0 radical (unpaired) electrons. The van der Waals surface area contributed by atoms with Crippen molar-refractivity contribution in [3.63, 3.8) is 0 Å². The molecule has 10 nitrogen and oxygen atoms in total. The number of halogens is 1. The second-order valence-corrected chi connectivity index (χ2v) is 9.17. The van der Waals surface area contributed by atoms with Crippen LogP contribution >= 0.6 is 0 Å². The number of ether oxygens (including phenoxy) is 4. The average Bonchev–Trinajstić information content (AvgIpc) is 3.27. The van der Waals surface area contributed by atoms with E-state index in [1.807, 2.05) is 0 Å². The first-order valence-corrected chi connectivity index (χ1v) is 11.5. The van der Waals surface area contributed by atoms with Gasteiger partial charge in [0.05, 0.1) is 18.8 Å². The number of fused-ring (bicyclic) bond motifs is 1. The Labute approximate surface area is 189 Å². The van der Waals surface area contributed by atoms with Crippen LogP contribution in [0.3, 0.4) is 0 Å². The van der Waals surface area contributed by atoms with Crippen LogP contribution in [0.2, 0.25) is 0 Å². The quantitative estimate of drug-likeness (QED) is 0.621. The number of nitrogens with zero attached hydrogens (tertiary/aromatic N) is 1. The Hall–Kier alpha value is -3.22. The van der Waals surface area contributed by atoms with Crippen LogP contribution in [0.1, 0.15) is 17.3 Å². The Morgan fingerprint density at radius 1 is 1.09 bits per heavy atom. The third-order valence-corrected chi connectivity index (χ3v) is 6.96. The summed E-state index contributed by atoms with van der Waals surface area (Å²) >= 11 is 0. The maximum atomic E-state index is 14.3. The van der Waals surface area contributed by atoms with Gasteiger partial charge in [0.15, 0.2) is 17.6 Å². The molecule has 1 atom stereocenters. The topological polar surface area (TPSA) is 120 Å². The molecule has 0 bridgehead atoms. The van der Waals surface area contributed by atoms with Crippen molar-refractivity contribution in [2.75, 3.05) is 38.4 Å². The van der Waals surface area contributed by atoms with Gasteiger partial charge in [0.1, 0.15) is 10.7 Å². The molecule has 0 spiro atoms. The number of carbonyl (C=O) groups excluding carboxylic acids is 2. The summed E-state index contributed by atoms with van der Waals surface area (Å²) in [6, 6.07) is 7.68. The highest BCUT2D eigenvalue weighted by Gasteiger charge is 2.30. The molecule has 1 N–H and O–H groups in total. The Morgan fingerprint density at radius 3 is 2.58 bits per heavy atom. The van der Waals surface area contributed by atoms with Crippen molar-refractivity contribution >= 4 is 27.6 Å². The molecule has 1 fully saturated rings. The Kier molecular flexibility index (Phi) is 6.49. The molecular formula is C21H21FN2O8S. The van der Waals surface area contributed by atoms with E-state index in [0.717, 1.165) is 22.5 Å². The normalized spacial score (nSPS) is 16.8. The number of morpholine rings is 1. The molecule has 2 aromatic rings. The van der Waals surface area contributed by atoms with E-state index in [4.69, 9.17) is 18.9 Å². The highest BCUT2D eigenvalue weighted by molar-refractivity contribution is 7.89. The summed E-state index contributed by atoms with van der Waals surface area (Å²) in [5.74, 6) is -1.57. The van der Waals surface area contributed by atoms with Crippen molar-refractivity contribution in [2.24, 2.45) is 0 Å². The smallest absolute Gasteiger partial charge is 0.338 e. The number of rotatable bonds is 6. The van der Waals surface area contributed by atoms with Crippen molar-refractivity contribution in [1.82, 2.24) is 4.31 Å². The van der Waals surface area contributed by atoms with Crippen LogP contribution in [0, 0.1) is 5.82 Å². The Bertz CT molecular complexity index is 1180. The molecule has 176 valence electrons. The highest BCUT2D eigenvalue weighted by Crippen LogP contribution is 2.34. The third-order valence-electron chi connectivity index (χ3n) is 5.05. The van der Waals surface area contributed by atoms with Crippen LogP contribution in [-0.2, 0) is 24.3 Å². The first-order valence-electron chi connectivity index (χ1n) is 10.0. The van der Waals surface area contributed by atoms with E-state index in [1.54, 1.807) is 18.2 Å². The van der Waals surface area contributed by atoms with Crippen molar-refractivity contribution in [1.29, 1.82) is 0 Å². The number of nitrogens with one attached hydrogen (secondary N) is 1. The predicted molar refractivity (Wildman–Crippen MR) is 112 cm³/mol. The number of benzene rings is 2. The lowest BCUT2D eigenvalue weighted by atomic mass is 10.2. The van der Waals surface area contributed by atoms with Crippen LogP contribution in [-0.4, -0.2) is 63.8 Å². The molecule has 0 aliphatic carbocycles. The molecule has 2 aliphatic heterocycles. The predicted octanol–water partition coefficient (Wildman–Crippen LogP) is 1.76. The molecule has 1 amide bonds. The summed E-state index contributed by atoms with van der Waals surface area (Å²) in [5.41, 5.74) is 0.207. The molecule has 4 rings (SSSR count). The number of esters is 1. The van der Waals surface area contributed by atoms with E-state index >= 15 is 0 Å². The fourth-order valence-corrected chi connectivity index (χ4v) is 4.75. The molecule has 33 heavy (non-hydrogen) atoms. The van der Waals surface area contributed by atoms with Gasteiger partial charge in [-0.15, -0.1) is 0 Å². The summed E-state index contributed by atoms with van der Waals surface area (Å²) in [7, 11) is -4.17. The van der Waals surface area contributed by atoms with Crippen LogP contribution in [0.25, 0.3) is 0 Å². The van der Waals surface area contributed by atoms with E-state index in [2.05, 4.69) is 5.32 Å². The van der Waals surface area contributed by atoms with Gasteiger partial charge in [-0.2, -0.15) is 4.31 Å². The van der Waals surface area contributed by atoms with E-state index in [0.29, 0.717) is 17.2 Å². The van der Waals surface area contributed by atoms with Crippen LogP contribution in [0.15, 0.2) is 41.3 Å². The SMILES string of the molecule is C[C@H](OC(=O)c1ccc(F)c(S(=O)(=O)N2CCOCC2)c1)C(=O)Nc1ccc2c(c1)OCO2. The highest BCUT2D eigenvalue weighted by atomic mass is 32.2. The standard InChI is InChI=1S/C21H21FN2O8S/c1-13(20(25)23-15-3-5-17-18(11-15)31-12-30-17)32-21(26)14-2-4-16(22)19(10-14)33(27,28)24-6-8-29-9-7-24/h2-5,10-11,13H,6-9,12H2,1H3,(H,23,25)/t13-/m0/s1. The molecular weight excluding hydrogens is 459 g/mol. The maximum absolute atomic E-state index is 14.3. The second kappa shape index (κ2) is 9.33. The molecule has 0 unspecified atom stereocenters. The van der Waals surface area contributed by atoms with Gasteiger partial charge in [0, 0.05) is 24.8 Å². The molecule has 12 heteroatoms. The first kappa shape index (κ1) is 23.0. The van der Waals surface area contributed by atoms with Crippen LogP contribution < -0.4 is 14.8 Å². The zero-order valence-electron chi connectivity index (χ0n) is 17.6. The number of carbonyl (C=O) groups is 2. The zero-order valence-corrected chi connectivity index (χ0v) is 18.4. The van der Waals surface area contributed by atoms with Gasteiger partial charge in [0.25, 0.3) is 5.91 Å². The molecule has 2 aliphatic rings. The third kappa shape index (κ3) is 4.92. The lowest BCUT2D eigenvalue weighted by Gasteiger charge is -2.26. The van der Waals surface area contributed by atoms with Gasteiger partial charge in [-0.05, 0) is 37.3 Å². The Morgan fingerprint density at radius 2 is 1.82 bits per heavy atom. The maximum Gasteiger partial charge on any atom is 0.338 e. The Balaban J connectivity index is 1.44. The van der Waals surface area contributed by atoms with Crippen molar-refractivity contribution in [3.05, 3.63) is 47.8 Å². The minimum absolute atomic E-state index is 0.0769. The zero-order chi connectivity index (χ0) is 23.6. The van der Waals surface area contributed by atoms with Crippen LogP contribution in [0.5, 0.6) is 11.5 Å². The minimum atomic E-state index is -4.17. The number of sulfonamides is 1. The van der Waals surface area contributed by atoms with Crippen LogP contribution in [0.4, 0.5) is 10.1 Å². The largest absolute Gasteiger partial charge is 0.454 e. The minimum Gasteiger partial charge on any atom is -0.454 e. The van der Waals surface area contributed by atoms with E-state index < -0.39 is 38.7 Å². The van der Waals surface area contributed by atoms with Crippen molar-refractivity contribution in [2.45, 2.75) is 17.9 Å². The van der Waals surface area contributed by atoms with Gasteiger partial charge >= 0.3 is 5.97 Å². The van der Waals surface area contributed by atoms with E-state index in [-0.39, 0.29) is 38.7 Å². The molecule has 2 heterocycles. The summed E-state index contributed by atoms with van der Waals surface area (Å²) in [6.07, 6.45) is -1.22. The van der Waals surface area contributed by atoms with Gasteiger partial charge in [-0.1, -0.05) is 0 Å². The molecule has 0 aromatic heterocycles. The van der Waals surface area contributed by atoms with E-state index in [1.165, 1.54) is 6.92 Å². The number of hydrogen-bond acceptors (Lipinski definition) is 8. The molecule has 1 saturated heterocycles. The fraction of sp³-hybridized carbons (Fsp3) is 0.333. The van der Waals surface area contributed by atoms with Crippen molar-refractivity contribution < 1.29 is 41.3 Å². The number of anilines is 1. The summed E-state index contributed by atoms with van der Waals surface area (Å²) in [6.45, 7) is 1.98. The molecule has 0 saturated carbocycles.